The minimum atomic E-state index is -0.175. The number of ether oxygens (including phenoxy) is 1. The van der Waals surface area contributed by atoms with Crippen LogP contribution in [0.5, 0.6) is 5.75 Å². The number of pyridine rings is 1. The topological polar surface area (TPSA) is 63.2 Å². The zero-order valence-electron chi connectivity index (χ0n) is 15.1. The Hall–Kier alpha value is -3.05. The molecule has 0 radical (unpaired) electrons. The third kappa shape index (κ3) is 4.77. The zero-order chi connectivity index (χ0) is 19.2. The average Bonchev–Trinajstić information content (AvgIpc) is 2.69. The summed E-state index contributed by atoms with van der Waals surface area (Å²) in [6, 6.07) is 18.5. The van der Waals surface area contributed by atoms with Crippen LogP contribution in [-0.4, -0.2) is 18.0 Å². The normalized spacial score (nSPS) is 11.5. The Kier molecular flexibility index (Phi) is 5.94. The molecular formula is C21H20ClN3O2. The molecule has 0 aliphatic rings. The van der Waals surface area contributed by atoms with Crippen LogP contribution in [0.3, 0.4) is 0 Å². The third-order valence-corrected chi connectivity index (χ3v) is 4.33. The average molecular weight is 382 g/mol. The van der Waals surface area contributed by atoms with Gasteiger partial charge in [-0.15, -0.1) is 0 Å². The van der Waals surface area contributed by atoms with Crippen molar-refractivity contribution in [2.75, 3.05) is 12.4 Å². The molecule has 0 bridgehead atoms. The summed E-state index contributed by atoms with van der Waals surface area (Å²) in [5, 5.41) is 6.70. The molecule has 1 aromatic heterocycles. The van der Waals surface area contributed by atoms with Gasteiger partial charge in [-0.25, -0.2) is 4.98 Å². The molecule has 3 aromatic rings. The number of benzene rings is 2. The van der Waals surface area contributed by atoms with E-state index >= 15 is 0 Å². The largest absolute Gasteiger partial charge is 0.495 e. The number of hydrogen-bond donors (Lipinski definition) is 2. The maximum Gasteiger partial charge on any atom is 0.253 e. The van der Waals surface area contributed by atoms with Crippen LogP contribution < -0.4 is 15.4 Å². The Morgan fingerprint density at radius 2 is 1.89 bits per heavy atom. The molecule has 1 unspecified atom stereocenters. The summed E-state index contributed by atoms with van der Waals surface area (Å²) in [5.41, 5.74) is 2.24. The van der Waals surface area contributed by atoms with Crippen molar-refractivity contribution in [1.29, 1.82) is 0 Å². The summed E-state index contributed by atoms with van der Waals surface area (Å²) in [6.45, 7) is 1.95. The van der Waals surface area contributed by atoms with Gasteiger partial charge in [-0.2, -0.15) is 0 Å². The highest BCUT2D eigenvalue weighted by atomic mass is 35.5. The van der Waals surface area contributed by atoms with Gasteiger partial charge in [-0.1, -0.05) is 41.9 Å². The summed E-state index contributed by atoms with van der Waals surface area (Å²) in [6.07, 6.45) is 1.53. The van der Waals surface area contributed by atoms with Crippen molar-refractivity contribution in [2.24, 2.45) is 0 Å². The van der Waals surface area contributed by atoms with Crippen LogP contribution in [0.15, 0.2) is 66.9 Å². The van der Waals surface area contributed by atoms with Crippen LogP contribution in [0.2, 0.25) is 5.02 Å². The Morgan fingerprint density at radius 1 is 1.11 bits per heavy atom. The molecule has 0 saturated heterocycles. The van der Waals surface area contributed by atoms with Crippen molar-refractivity contribution in [3.05, 3.63) is 83.0 Å². The SMILES string of the molecule is COc1ccc(Cl)cc1Nc1ccc(C(=O)NC(C)c2ccccc2)cn1. The molecule has 27 heavy (non-hydrogen) atoms. The molecule has 1 heterocycles. The Labute approximate surface area is 163 Å². The van der Waals surface area contributed by atoms with Gasteiger partial charge in [0.2, 0.25) is 0 Å². The molecule has 0 aliphatic heterocycles. The summed E-state index contributed by atoms with van der Waals surface area (Å²) >= 11 is 6.04. The lowest BCUT2D eigenvalue weighted by molar-refractivity contribution is 0.0939. The predicted molar refractivity (Wildman–Crippen MR) is 108 cm³/mol. The number of carbonyl (C=O) groups excluding carboxylic acids is 1. The minimum Gasteiger partial charge on any atom is -0.495 e. The number of halogens is 1. The number of nitrogens with zero attached hydrogens (tertiary/aromatic N) is 1. The molecule has 138 valence electrons. The van der Waals surface area contributed by atoms with Crippen LogP contribution in [0.1, 0.15) is 28.9 Å². The molecule has 2 aromatic carbocycles. The number of anilines is 2. The highest BCUT2D eigenvalue weighted by Gasteiger charge is 2.12. The maximum atomic E-state index is 12.4. The van der Waals surface area contributed by atoms with Gasteiger partial charge < -0.3 is 15.4 Å². The quantitative estimate of drug-likeness (QED) is 0.632. The molecule has 1 amide bonds. The van der Waals surface area contributed by atoms with Crippen LogP contribution in [-0.2, 0) is 0 Å². The predicted octanol–water partition coefficient (Wildman–Crippen LogP) is 4.98. The van der Waals surface area contributed by atoms with E-state index in [4.69, 9.17) is 16.3 Å². The molecule has 0 fully saturated rings. The summed E-state index contributed by atoms with van der Waals surface area (Å²) in [5.74, 6) is 1.06. The van der Waals surface area contributed by atoms with Crippen LogP contribution in [0.4, 0.5) is 11.5 Å². The lowest BCUT2D eigenvalue weighted by atomic mass is 10.1. The van der Waals surface area contributed by atoms with Gasteiger partial charge in [0.15, 0.2) is 0 Å². The monoisotopic (exact) mass is 381 g/mol. The lowest BCUT2D eigenvalue weighted by Gasteiger charge is -2.14. The fourth-order valence-corrected chi connectivity index (χ4v) is 2.80. The summed E-state index contributed by atoms with van der Waals surface area (Å²) in [4.78, 5) is 16.7. The Balaban J connectivity index is 1.68. The number of nitrogens with one attached hydrogen (secondary N) is 2. The third-order valence-electron chi connectivity index (χ3n) is 4.10. The second-order valence-electron chi connectivity index (χ2n) is 6.01. The van der Waals surface area contributed by atoms with Crippen LogP contribution in [0, 0.1) is 0 Å². The molecular weight excluding hydrogens is 362 g/mol. The molecule has 2 N–H and O–H groups in total. The van der Waals surface area contributed by atoms with Crippen molar-refractivity contribution >= 4 is 29.0 Å². The molecule has 0 aliphatic carbocycles. The molecule has 0 spiro atoms. The molecule has 5 nitrogen and oxygen atoms in total. The van der Waals surface area contributed by atoms with Gasteiger partial charge in [0, 0.05) is 11.2 Å². The molecule has 6 heteroatoms. The van der Waals surface area contributed by atoms with E-state index in [0.29, 0.717) is 27.8 Å². The number of aromatic nitrogens is 1. The summed E-state index contributed by atoms with van der Waals surface area (Å²) in [7, 11) is 1.59. The molecule has 0 saturated carbocycles. The first-order valence-corrected chi connectivity index (χ1v) is 8.87. The van der Waals surface area contributed by atoms with Crippen molar-refractivity contribution in [3.63, 3.8) is 0 Å². The number of rotatable bonds is 6. The fraction of sp³-hybridized carbons (Fsp3) is 0.143. The fourth-order valence-electron chi connectivity index (χ4n) is 2.62. The first-order chi connectivity index (χ1) is 13.1. The van der Waals surface area contributed by atoms with E-state index in [2.05, 4.69) is 15.6 Å². The van der Waals surface area contributed by atoms with Crippen molar-refractivity contribution in [1.82, 2.24) is 10.3 Å². The van der Waals surface area contributed by atoms with E-state index in [1.807, 2.05) is 37.3 Å². The van der Waals surface area contributed by atoms with Gasteiger partial charge >= 0.3 is 0 Å². The first kappa shape index (κ1) is 18.7. The van der Waals surface area contributed by atoms with Gasteiger partial charge in [0.25, 0.3) is 5.91 Å². The van der Waals surface area contributed by atoms with Gasteiger partial charge in [-0.3, -0.25) is 4.79 Å². The zero-order valence-corrected chi connectivity index (χ0v) is 15.8. The van der Waals surface area contributed by atoms with Gasteiger partial charge in [0.1, 0.15) is 11.6 Å². The number of amides is 1. The second-order valence-corrected chi connectivity index (χ2v) is 6.44. The van der Waals surface area contributed by atoms with Crippen LogP contribution >= 0.6 is 11.6 Å². The van der Waals surface area contributed by atoms with Gasteiger partial charge in [0.05, 0.1) is 24.4 Å². The Morgan fingerprint density at radius 3 is 2.56 bits per heavy atom. The number of hydrogen-bond acceptors (Lipinski definition) is 4. The van der Waals surface area contributed by atoms with E-state index < -0.39 is 0 Å². The highest BCUT2D eigenvalue weighted by Crippen LogP contribution is 2.29. The molecule has 1 atom stereocenters. The smallest absolute Gasteiger partial charge is 0.253 e. The van der Waals surface area contributed by atoms with E-state index in [-0.39, 0.29) is 11.9 Å². The molecule has 3 rings (SSSR count). The van der Waals surface area contributed by atoms with E-state index in [1.165, 1.54) is 6.20 Å². The number of carbonyl (C=O) groups is 1. The van der Waals surface area contributed by atoms with E-state index in [1.54, 1.807) is 37.4 Å². The summed E-state index contributed by atoms with van der Waals surface area (Å²) < 4.78 is 5.31. The maximum absolute atomic E-state index is 12.4. The van der Waals surface area contributed by atoms with Crippen molar-refractivity contribution < 1.29 is 9.53 Å². The van der Waals surface area contributed by atoms with Crippen molar-refractivity contribution in [2.45, 2.75) is 13.0 Å². The van der Waals surface area contributed by atoms with Crippen LogP contribution in [0.25, 0.3) is 0 Å². The van der Waals surface area contributed by atoms with Crippen molar-refractivity contribution in [3.8, 4) is 5.75 Å². The number of methoxy groups -OCH3 is 1. The minimum absolute atomic E-state index is 0.0905. The van der Waals surface area contributed by atoms with E-state index in [9.17, 15) is 4.79 Å². The lowest BCUT2D eigenvalue weighted by Crippen LogP contribution is -2.26. The van der Waals surface area contributed by atoms with Gasteiger partial charge in [-0.05, 0) is 42.8 Å². The second kappa shape index (κ2) is 8.56. The highest BCUT2D eigenvalue weighted by molar-refractivity contribution is 6.31. The Bertz CT molecular complexity index is 914. The van der Waals surface area contributed by atoms with E-state index in [0.717, 1.165) is 5.56 Å². The first-order valence-electron chi connectivity index (χ1n) is 8.49. The standard InChI is InChI=1S/C21H20ClN3O2/c1-14(15-6-4-3-5-7-15)24-21(26)16-8-11-20(23-13-16)25-18-12-17(22)9-10-19(18)27-2/h3-14H,1-2H3,(H,23,25)(H,24,26).